The number of hydrogen-bond donors (Lipinski definition) is 1. The molecule has 0 radical (unpaired) electrons. The van der Waals surface area contributed by atoms with Gasteiger partial charge in [-0.15, -0.1) is 0 Å². The molecule has 2 fully saturated rings. The maximum absolute atomic E-state index is 13.9. The van der Waals surface area contributed by atoms with Crippen molar-refractivity contribution in [2.24, 2.45) is 0 Å². The average Bonchev–Trinajstić information content (AvgIpc) is 3.51. The number of piperidine rings is 1. The molecular weight excluding hydrogens is 617 g/mol. The number of pyridine rings is 1. The van der Waals surface area contributed by atoms with E-state index in [2.05, 4.69) is 70.0 Å². The maximum Gasteiger partial charge on any atom is 0.254 e. The Balaban J connectivity index is 1.08. The smallest absolute Gasteiger partial charge is 0.254 e. The quantitative estimate of drug-likeness (QED) is 0.156. The molecular formula is C37H48N8O2Si. The van der Waals surface area contributed by atoms with Crippen molar-refractivity contribution in [1.82, 2.24) is 19.7 Å². The SMILES string of the molecule is Cc1cc(C)c(C(=O)N2CCN(c3cncc4cnn(COCC[Si](C)(C)C)c34)CC2)cc1NC1CCN(c2ccccc2C#N)CC1. The zero-order valence-electron chi connectivity index (χ0n) is 29.0. The molecule has 0 unspecified atom stereocenters. The van der Waals surface area contributed by atoms with E-state index in [0.717, 1.165) is 102 Å². The minimum atomic E-state index is -1.17. The third-order valence-corrected chi connectivity index (χ3v) is 11.4. The first-order chi connectivity index (χ1) is 23.1. The molecule has 0 bridgehead atoms. The second-order valence-electron chi connectivity index (χ2n) is 14.4. The summed E-state index contributed by atoms with van der Waals surface area (Å²) in [6.07, 6.45) is 7.55. The molecule has 0 atom stereocenters. The highest BCUT2D eigenvalue weighted by Gasteiger charge is 2.27. The number of ether oxygens (including phenoxy) is 1. The van der Waals surface area contributed by atoms with Gasteiger partial charge in [0.25, 0.3) is 5.91 Å². The van der Waals surface area contributed by atoms with Crippen molar-refractivity contribution >= 4 is 41.9 Å². The largest absolute Gasteiger partial charge is 0.382 e. The van der Waals surface area contributed by atoms with Gasteiger partial charge in [0.1, 0.15) is 12.8 Å². The molecule has 2 aromatic heterocycles. The van der Waals surface area contributed by atoms with Gasteiger partial charge >= 0.3 is 0 Å². The fourth-order valence-corrected chi connectivity index (χ4v) is 7.53. The summed E-state index contributed by atoms with van der Waals surface area (Å²) in [6, 6.07) is 15.8. The van der Waals surface area contributed by atoms with Gasteiger partial charge in [-0.05, 0) is 62.1 Å². The molecule has 2 aliphatic rings. The van der Waals surface area contributed by atoms with Gasteiger partial charge in [-0.2, -0.15) is 10.4 Å². The van der Waals surface area contributed by atoms with Gasteiger partial charge in [-0.25, -0.2) is 4.68 Å². The first-order valence-electron chi connectivity index (χ1n) is 17.1. The van der Waals surface area contributed by atoms with E-state index in [9.17, 15) is 10.1 Å². The Morgan fingerprint density at radius 2 is 1.69 bits per heavy atom. The lowest BCUT2D eigenvalue weighted by molar-refractivity contribution is 0.0746. The van der Waals surface area contributed by atoms with Crippen LogP contribution in [0.5, 0.6) is 0 Å². The summed E-state index contributed by atoms with van der Waals surface area (Å²) in [5.74, 6) is 0.0790. The lowest BCUT2D eigenvalue weighted by atomic mass is 9.99. The van der Waals surface area contributed by atoms with E-state index in [1.807, 2.05) is 59.4 Å². The van der Waals surface area contributed by atoms with Gasteiger partial charge in [0.2, 0.25) is 0 Å². The highest BCUT2D eigenvalue weighted by atomic mass is 28.3. The Morgan fingerprint density at radius 1 is 0.958 bits per heavy atom. The highest BCUT2D eigenvalue weighted by molar-refractivity contribution is 6.76. The summed E-state index contributed by atoms with van der Waals surface area (Å²) >= 11 is 0. The lowest BCUT2D eigenvalue weighted by Crippen LogP contribution is -2.49. The molecule has 4 heterocycles. The fraction of sp³-hybridized carbons (Fsp3) is 0.459. The normalized spacial score (nSPS) is 16.0. The minimum Gasteiger partial charge on any atom is -0.382 e. The van der Waals surface area contributed by atoms with Crippen molar-refractivity contribution < 1.29 is 9.53 Å². The molecule has 1 amide bonds. The van der Waals surface area contributed by atoms with Gasteiger partial charge in [0.05, 0.1) is 34.8 Å². The van der Waals surface area contributed by atoms with Crippen LogP contribution < -0.4 is 15.1 Å². The third kappa shape index (κ3) is 7.50. The van der Waals surface area contributed by atoms with Crippen LogP contribution >= 0.6 is 0 Å². The summed E-state index contributed by atoms with van der Waals surface area (Å²) in [6.45, 7) is 16.8. The van der Waals surface area contributed by atoms with Crippen LogP contribution in [0.25, 0.3) is 10.9 Å². The third-order valence-electron chi connectivity index (χ3n) is 9.66. The van der Waals surface area contributed by atoms with Crippen LogP contribution in [0.3, 0.4) is 0 Å². The maximum atomic E-state index is 13.9. The van der Waals surface area contributed by atoms with Crippen LogP contribution in [0.2, 0.25) is 25.7 Å². The van der Waals surface area contributed by atoms with Gasteiger partial charge in [-0.3, -0.25) is 9.78 Å². The van der Waals surface area contributed by atoms with Crippen LogP contribution in [-0.2, 0) is 11.5 Å². The van der Waals surface area contributed by atoms with Gasteiger partial charge in [0, 0.05) is 82.8 Å². The van der Waals surface area contributed by atoms with Crippen molar-refractivity contribution in [2.45, 2.75) is 65.1 Å². The average molecular weight is 665 g/mol. The van der Waals surface area contributed by atoms with E-state index in [1.165, 1.54) is 0 Å². The molecule has 0 spiro atoms. The van der Waals surface area contributed by atoms with Crippen LogP contribution in [0.15, 0.2) is 55.0 Å². The Labute approximate surface area is 285 Å². The van der Waals surface area contributed by atoms with Crippen molar-refractivity contribution in [3.05, 3.63) is 77.2 Å². The molecule has 48 heavy (non-hydrogen) atoms. The molecule has 2 saturated heterocycles. The van der Waals surface area contributed by atoms with Crippen LogP contribution in [0.4, 0.5) is 17.1 Å². The van der Waals surface area contributed by atoms with E-state index >= 15 is 0 Å². The van der Waals surface area contributed by atoms with Gasteiger partial charge in [0.15, 0.2) is 0 Å². The first kappa shape index (κ1) is 33.5. The number of carbonyl (C=O) groups excluding carboxylic acids is 1. The number of para-hydroxylation sites is 1. The number of nitrogens with zero attached hydrogens (tertiary/aromatic N) is 7. The molecule has 0 saturated carbocycles. The molecule has 11 heteroatoms. The second-order valence-corrected chi connectivity index (χ2v) is 20.0. The monoisotopic (exact) mass is 664 g/mol. The number of nitriles is 1. The molecule has 2 aromatic carbocycles. The van der Waals surface area contributed by atoms with Crippen LogP contribution in [0.1, 0.15) is 39.9 Å². The lowest BCUT2D eigenvalue weighted by Gasteiger charge is -2.37. The summed E-state index contributed by atoms with van der Waals surface area (Å²) in [5.41, 5.74) is 7.73. The summed E-state index contributed by atoms with van der Waals surface area (Å²) in [5, 5.41) is 18.9. The van der Waals surface area contributed by atoms with Crippen molar-refractivity contribution in [3.63, 3.8) is 0 Å². The van der Waals surface area contributed by atoms with Gasteiger partial charge < -0.3 is 24.8 Å². The number of amides is 1. The number of hydrogen-bond acceptors (Lipinski definition) is 8. The van der Waals surface area contributed by atoms with E-state index in [1.54, 1.807) is 0 Å². The number of benzene rings is 2. The van der Waals surface area contributed by atoms with E-state index in [0.29, 0.717) is 25.9 Å². The van der Waals surface area contributed by atoms with Crippen LogP contribution in [-0.4, -0.2) is 85.6 Å². The van der Waals surface area contributed by atoms with E-state index < -0.39 is 8.07 Å². The number of aromatic nitrogens is 3. The molecule has 252 valence electrons. The van der Waals surface area contributed by atoms with Crippen LogP contribution in [0, 0.1) is 25.2 Å². The van der Waals surface area contributed by atoms with Crippen molar-refractivity contribution in [2.75, 3.05) is 61.0 Å². The highest BCUT2D eigenvalue weighted by Crippen LogP contribution is 2.30. The number of carbonyl (C=O) groups is 1. The molecule has 6 rings (SSSR count). The van der Waals surface area contributed by atoms with Crippen molar-refractivity contribution in [1.29, 1.82) is 5.26 Å². The fourth-order valence-electron chi connectivity index (χ4n) is 6.77. The molecule has 0 aliphatic carbocycles. The number of anilines is 3. The number of nitrogens with one attached hydrogen (secondary N) is 1. The van der Waals surface area contributed by atoms with E-state index in [4.69, 9.17) is 4.74 Å². The van der Waals surface area contributed by atoms with Gasteiger partial charge in [-0.1, -0.05) is 37.8 Å². The Bertz CT molecular complexity index is 1790. The molecule has 10 nitrogen and oxygen atoms in total. The summed E-state index contributed by atoms with van der Waals surface area (Å²) in [4.78, 5) is 25.0. The number of fused-ring (bicyclic) bond motifs is 1. The minimum absolute atomic E-state index is 0.0790. The van der Waals surface area contributed by atoms with E-state index in [-0.39, 0.29) is 5.91 Å². The zero-order valence-corrected chi connectivity index (χ0v) is 30.0. The molecule has 2 aliphatic heterocycles. The Kier molecular flexibility index (Phi) is 10.0. The first-order valence-corrected chi connectivity index (χ1v) is 20.9. The second kappa shape index (κ2) is 14.4. The number of aryl methyl sites for hydroxylation is 2. The Morgan fingerprint density at radius 3 is 2.42 bits per heavy atom. The standard InChI is InChI=1S/C37H48N8O2Si/c1-27-20-28(2)33(41-31-10-12-42(13-11-31)34-9-7-6-8-29(34)22-38)21-32(27)37(46)44-16-14-43(15-17-44)35-25-39-23-30-24-40-45(36(30)35)26-47-18-19-48(3,4)5/h6-9,20-21,23-25,31,41H,10-19,26H2,1-5H3. The number of piperazine rings is 1. The predicted molar refractivity (Wildman–Crippen MR) is 196 cm³/mol. The molecule has 4 aromatic rings. The summed E-state index contributed by atoms with van der Waals surface area (Å²) in [7, 11) is -1.17. The topological polar surface area (TPSA) is 103 Å². The number of rotatable bonds is 10. The van der Waals surface area contributed by atoms with Crippen molar-refractivity contribution in [3.8, 4) is 6.07 Å². The predicted octanol–water partition coefficient (Wildman–Crippen LogP) is 6.28. The zero-order chi connectivity index (χ0) is 33.8. The Hall–Kier alpha value is -4.40. The summed E-state index contributed by atoms with van der Waals surface area (Å²) < 4.78 is 7.97. The molecule has 1 N–H and O–H groups in total.